The van der Waals surface area contributed by atoms with Crippen LogP contribution in [0.5, 0.6) is 23.0 Å². The summed E-state index contributed by atoms with van der Waals surface area (Å²) in [6.45, 7) is 10.3. The Bertz CT molecular complexity index is 4240. The molecule has 0 spiro atoms. The number of hydrogen-bond donors (Lipinski definition) is 1. The smallest absolute Gasteiger partial charge is 0.317 e. The minimum absolute atomic E-state index is 0.0270. The molecule has 8 heterocycles. The van der Waals surface area contributed by atoms with Crippen molar-refractivity contribution in [2.75, 3.05) is 132 Å². The number of ether oxygens (including phenoxy) is 9. The highest BCUT2D eigenvalue weighted by Gasteiger charge is 2.36. The number of ketones is 2. The molecule has 564 valence electrons. The lowest BCUT2D eigenvalue weighted by molar-refractivity contribution is -0.153. The summed E-state index contributed by atoms with van der Waals surface area (Å²) in [6, 6.07) is 24.3. The first-order chi connectivity index (χ1) is 51.6. The average molecular weight is 1500 g/mol. The zero-order valence-corrected chi connectivity index (χ0v) is 61.4. The molecule has 2 saturated heterocycles. The molecule has 2 amide bonds. The number of Topliss-reactive ketones (excluding diaryl/α,β-unsaturated/α-hetero) is 2. The highest BCUT2D eigenvalue weighted by Crippen LogP contribution is 2.42. The molecule has 0 radical (unpaired) electrons. The molecule has 0 bridgehead atoms. The Morgan fingerprint density at radius 3 is 1.55 bits per heavy atom. The molecule has 1 N–H and O–H groups in total. The third-order valence-electron chi connectivity index (χ3n) is 18.1. The molecule has 12 rings (SSSR count). The number of carboxylic acids is 1. The highest BCUT2D eigenvalue weighted by molar-refractivity contribution is 7.23. The van der Waals surface area contributed by atoms with Gasteiger partial charge in [-0.05, 0) is 115 Å². The number of halogens is 2. The van der Waals surface area contributed by atoms with Crippen molar-refractivity contribution in [3.05, 3.63) is 144 Å². The number of aromatic nitrogens is 4. The van der Waals surface area contributed by atoms with Crippen molar-refractivity contribution in [1.82, 2.24) is 39.5 Å². The van der Waals surface area contributed by atoms with Crippen LogP contribution in [0.25, 0.3) is 41.6 Å². The van der Waals surface area contributed by atoms with Crippen LogP contribution in [0, 0.1) is 23.5 Å². The number of hydrogen-bond acceptors (Lipinski definition) is 23. The minimum Gasteiger partial charge on any atom is -0.480 e. The van der Waals surface area contributed by atoms with Crippen molar-refractivity contribution in [1.29, 1.82) is 0 Å². The lowest BCUT2D eigenvalue weighted by Crippen LogP contribution is -2.62. The molecule has 6 aromatic heterocycles. The summed E-state index contributed by atoms with van der Waals surface area (Å²) in [7, 11) is 1.62. The van der Waals surface area contributed by atoms with Crippen LogP contribution in [0.3, 0.4) is 0 Å². The Morgan fingerprint density at radius 2 is 1.05 bits per heavy atom. The zero-order chi connectivity index (χ0) is 74.2. The molecule has 2 aliphatic heterocycles. The fourth-order valence-corrected chi connectivity index (χ4v) is 14.0. The fourth-order valence-electron chi connectivity index (χ4n) is 12.0. The Balaban J connectivity index is 0.000000213. The number of carboxylic acid groups (broad SMARTS) is 1. The quantitative estimate of drug-likeness (QED) is 0.0275. The predicted molar refractivity (Wildman–Crippen MR) is 393 cm³/mol. The third-order valence-corrected chi connectivity index (χ3v) is 20.4. The number of carbonyl (C=O) groups excluding carboxylic acids is 5. The number of esters is 1. The highest BCUT2D eigenvalue weighted by atomic mass is 32.1. The number of fused-ring (bicyclic) bond motifs is 2. The van der Waals surface area contributed by atoms with E-state index in [0.717, 1.165) is 73.6 Å². The van der Waals surface area contributed by atoms with Gasteiger partial charge in [-0.3, -0.25) is 58.5 Å². The van der Waals surface area contributed by atoms with Crippen LogP contribution in [-0.4, -0.2) is 218 Å². The van der Waals surface area contributed by atoms with Gasteiger partial charge < -0.3 is 57.5 Å². The van der Waals surface area contributed by atoms with Gasteiger partial charge in [-0.25, -0.2) is 8.78 Å². The van der Waals surface area contributed by atoms with Crippen molar-refractivity contribution >= 4 is 78.4 Å². The number of rotatable bonds is 42. The Labute approximate surface area is 622 Å². The lowest BCUT2D eigenvalue weighted by Gasteiger charge is -2.45. The van der Waals surface area contributed by atoms with E-state index in [9.17, 15) is 33.9 Å². The van der Waals surface area contributed by atoms with Gasteiger partial charge in [-0.2, -0.15) is 0 Å². The second-order valence-electron chi connectivity index (χ2n) is 26.6. The van der Waals surface area contributed by atoms with Gasteiger partial charge in [-0.1, -0.05) is 31.2 Å². The number of pyridine rings is 4. The van der Waals surface area contributed by atoms with Crippen molar-refractivity contribution in [2.45, 2.75) is 90.3 Å². The van der Waals surface area contributed by atoms with E-state index in [1.165, 1.54) is 34.8 Å². The van der Waals surface area contributed by atoms with Gasteiger partial charge in [0.25, 0.3) is 5.91 Å². The van der Waals surface area contributed by atoms with E-state index in [4.69, 9.17) is 47.6 Å². The van der Waals surface area contributed by atoms with Crippen molar-refractivity contribution in [2.24, 2.45) is 11.8 Å². The standard InChI is InChI=1S/C41H49FN4O9S.C37H41FN4O7S/c1-50-16-17-52-20-21-53-19-18-51-15-9-40(49)54-28-39(48)46-13-11-45(12-14-46)27-31-4-6-34(44-26-31)38-25-35-41(56-38)37(8-10-43-35)55-36-7-5-30(24-33(36)42)23-32(47)22-29-2-3-29;1-2-11-47-12-13-48-23-35(44)42-20-27(21-42)41(22-36(45)46)19-26-5-7-30(40-18-26)34-17-31-37(50-34)33(9-10-39-31)49-32-8-6-25(16-29(32)38)15-28(43)14-24-3-4-24/h4-8,10,24-26,29H,2-3,9,11-23,27-28H2,1H3;5-10,16-18,24,27H,2-4,11-15,19-23H2,1H3,(H,45,46). The largest absolute Gasteiger partial charge is 0.480 e. The maximum atomic E-state index is 15.0. The summed E-state index contributed by atoms with van der Waals surface area (Å²) in [6.07, 6.45) is 13.8. The lowest BCUT2D eigenvalue weighted by atomic mass is 10.0. The van der Waals surface area contributed by atoms with E-state index in [1.807, 2.05) is 54.4 Å². The van der Waals surface area contributed by atoms with E-state index in [0.29, 0.717) is 170 Å². The van der Waals surface area contributed by atoms with Crippen LogP contribution in [0.1, 0.15) is 80.5 Å². The number of benzene rings is 2. The number of piperazine rings is 1. The topological polar surface area (TPSA) is 270 Å². The fraction of sp³-hybridized carbons (Fsp3) is 0.462. The van der Waals surface area contributed by atoms with Crippen molar-refractivity contribution < 1.29 is 85.3 Å². The first-order valence-corrected chi connectivity index (χ1v) is 37.6. The average Bonchev–Trinajstić information content (AvgIpc) is 1.57. The second kappa shape index (κ2) is 39.8. The number of aliphatic carboxylic acids is 1. The van der Waals surface area contributed by atoms with E-state index in [2.05, 4.69) is 19.9 Å². The first-order valence-electron chi connectivity index (χ1n) is 36.0. The van der Waals surface area contributed by atoms with E-state index < -0.39 is 23.6 Å². The molecule has 8 aromatic rings. The van der Waals surface area contributed by atoms with E-state index in [-0.39, 0.29) is 86.5 Å². The first kappa shape index (κ1) is 78.4. The van der Waals surface area contributed by atoms with E-state index in [1.54, 1.807) is 71.9 Å². The predicted octanol–water partition coefficient (Wildman–Crippen LogP) is 11.2. The van der Waals surface area contributed by atoms with E-state index >= 15 is 8.78 Å². The second-order valence-corrected chi connectivity index (χ2v) is 28.7. The SMILES string of the molecule is CCCOCCOCC(=O)N1CC(N(CC(=O)O)Cc2ccc(-c3cc4nccc(Oc5ccc(CC(=O)CC6CC6)cc5F)c4s3)nc2)C1.COCCOCCOCCOCCC(=O)OCC(=O)N1CCN(Cc2ccc(-c3cc4nccc(Oc5ccc(CC(=O)CC6CC6)cc5F)c4s3)nc2)CC1. The van der Waals surface area contributed by atoms with Crippen LogP contribution in [0.4, 0.5) is 8.78 Å². The monoisotopic (exact) mass is 1500 g/mol. The summed E-state index contributed by atoms with van der Waals surface area (Å²) in [5.74, 6) is -0.413. The summed E-state index contributed by atoms with van der Waals surface area (Å²) >= 11 is 2.90. The van der Waals surface area contributed by atoms with Gasteiger partial charge in [0, 0.05) is 135 Å². The molecule has 24 nitrogen and oxygen atoms in total. The molecule has 4 aliphatic rings. The van der Waals surface area contributed by atoms with Gasteiger partial charge in [0.1, 0.15) is 29.7 Å². The summed E-state index contributed by atoms with van der Waals surface area (Å²) in [5.41, 5.74) is 6.06. The van der Waals surface area contributed by atoms with Crippen molar-refractivity contribution in [3.8, 4) is 44.1 Å². The van der Waals surface area contributed by atoms with Crippen molar-refractivity contribution in [3.63, 3.8) is 0 Å². The molecule has 0 unspecified atom stereocenters. The van der Waals surface area contributed by atoms with Crippen LogP contribution in [-0.2, 0) is 87.9 Å². The zero-order valence-electron chi connectivity index (χ0n) is 59.8. The number of amides is 2. The molecular formula is C78H90F2N8O16S2. The van der Waals surface area contributed by atoms with Gasteiger partial charge in [-0.15, -0.1) is 22.7 Å². The third kappa shape index (κ3) is 24.2. The molecule has 4 fully saturated rings. The molecule has 2 saturated carbocycles. The minimum atomic E-state index is -0.944. The molecular weight excluding hydrogens is 1410 g/mol. The van der Waals surface area contributed by atoms with Gasteiger partial charge in [0.15, 0.2) is 29.7 Å². The number of nitrogens with zero attached hydrogens (tertiary/aromatic N) is 8. The molecule has 106 heavy (non-hydrogen) atoms. The molecule has 2 aromatic carbocycles. The maximum Gasteiger partial charge on any atom is 0.317 e. The number of likely N-dealkylation sites (tertiary alicyclic amines) is 1. The summed E-state index contributed by atoms with van der Waals surface area (Å²) in [5, 5.41) is 9.56. The molecule has 2 aliphatic carbocycles. The maximum absolute atomic E-state index is 15.0. The van der Waals surface area contributed by atoms with Gasteiger partial charge >= 0.3 is 11.9 Å². The summed E-state index contributed by atoms with van der Waals surface area (Å²) in [4.78, 5) is 101. The Morgan fingerprint density at radius 1 is 0.547 bits per heavy atom. The normalized spacial score (nSPS) is 14.7. The Kier molecular flexibility index (Phi) is 29.4. The molecule has 0 atom stereocenters. The van der Waals surface area contributed by atoms with Gasteiger partial charge in [0.05, 0.1) is 114 Å². The van der Waals surface area contributed by atoms with Crippen LogP contribution < -0.4 is 9.47 Å². The van der Waals surface area contributed by atoms with Crippen LogP contribution in [0.15, 0.2) is 110 Å². The molecule has 28 heteroatoms. The van der Waals surface area contributed by atoms with Crippen LogP contribution >= 0.6 is 22.7 Å². The summed E-state index contributed by atoms with van der Waals surface area (Å²) < 4.78 is 80.6. The number of carbonyl (C=O) groups is 6. The Hall–Kier alpha value is -8.68. The van der Waals surface area contributed by atoms with Gasteiger partial charge in [0.2, 0.25) is 5.91 Å². The number of thiophene rings is 2. The number of methoxy groups -OCH3 is 1. The van der Waals surface area contributed by atoms with Crippen LogP contribution in [0.2, 0.25) is 0 Å².